The molecule has 0 saturated carbocycles. The highest BCUT2D eigenvalue weighted by molar-refractivity contribution is 5.66. The molecular formula is C17H31O2-. The van der Waals surface area contributed by atoms with E-state index in [9.17, 15) is 9.90 Å². The van der Waals surface area contributed by atoms with Crippen LogP contribution < -0.4 is 5.11 Å². The fraction of sp³-hybridized carbons (Fsp3) is 0.824. The van der Waals surface area contributed by atoms with E-state index < -0.39 is 5.97 Å². The highest BCUT2D eigenvalue weighted by Gasteiger charge is 2.01. The van der Waals surface area contributed by atoms with Gasteiger partial charge in [-0.2, -0.15) is 0 Å². The molecule has 0 N–H and O–H groups in total. The van der Waals surface area contributed by atoms with Gasteiger partial charge in [0.1, 0.15) is 0 Å². The third-order valence-corrected chi connectivity index (χ3v) is 3.55. The van der Waals surface area contributed by atoms with Gasteiger partial charge in [-0.05, 0) is 38.0 Å². The number of unbranched alkanes of at least 4 members (excludes halogenated alkanes) is 8. The van der Waals surface area contributed by atoms with E-state index in [2.05, 4.69) is 19.1 Å². The van der Waals surface area contributed by atoms with E-state index in [1.54, 1.807) is 6.92 Å². The van der Waals surface area contributed by atoms with Crippen LogP contribution in [0.3, 0.4) is 0 Å². The van der Waals surface area contributed by atoms with Crippen LogP contribution in [0.1, 0.15) is 84.5 Å². The van der Waals surface area contributed by atoms with E-state index >= 15 is 0 Å². The van der Waals surface area contributed by atoms with Gasteiger partial charge in [0, 0.05) is 5.97 Å². The van der Waals surface area contributed by atoms with Crippen LogP contribution in [0.4, 0.5) is 0 Å². The fourth-order valence-corrected chi connectivity index (χ4v) is 2.11. The minimum absolute atomic E-state index is 0.289. The van der Waals surface area contributed by atoms with E-state index in [1.807, 2.05) is 0 Å². The maximum atomic E-state index is 10.5. The molecule has 0 aromatic heterocycles. The van der Waals surface area contributed by atoms with E-state index in [0.717, 1.165) is 19.3 Å². The van der Waals surface area contributed by atoms with Crippen LogP contribution in [-0.2, 0) is 4.79 Å². The number of carbonyl (C=O) groups is 1. The van der Waals surface area contributed by atoms with Crippen LogP contribution >= 0.6 is 0 Å². The predicted octanol–water partition coefficient (Wildman–Crippen LogP) is 4.24. The molecule has 112 valence electrons. The average Bonchev–Trinajstić information content (AvgIpc) is 2.39. The summed E-state index contributed by atoms with van der Waals surface area (Å²) in [7, 11) is 0. The molecule has 0 amide bonds. The topological polar surface area (TPSA) is 40.1 Å². The molecule has 0 fully saturated rings. The summed E-state index contributed by atoms with van der Waals surface area (Å²) < 4.78 is 0. The molecule has 0 heterocycles. The lowest BCUT2D eigenvalue weighted by atomic mass is 10.0. The minimum Gasteiger partial charge on any atom is -0.550 e. The molecule has 1 atom stereocenters. The number of carboxylic acids is 1. The van der Waals surface area contributed by atoms with Gasteiger partial charge in [-0.1, -0.05) is 64.5 Å². The summed E-state index contributed by atoms with van der Waals surface area (Å²) in [5, 5.41) is 10.5. The molecule has 0 aromatic carbocycles. The van der Waals surface area contributed by atoms with Gasteiger partial charge in [0.25, 0.3) is 0 Å². The zero-order valence-electron chi connectivity index (χ0n) is 12.8. The number of hydrogen-bond acceptors (Lipinski definition) is 2. The van der Waals surface area contributed by atoms with E-state index in [4.69, 9.17) is 0 Å². The maximum absolute atomic E-state index is 10.5. The second-order valence-corrected chi connectivity index (χ2v) is 5.53. The highest BCUT2D eigenvalue weighted by Crippen LogP contribution is 2.11. The van der Waals surface area contributed by atoms with E-state index in [-0.39, 0.29) is 5.92 Å². The van der Waals surface area contributed by atoms with Crippen molar-refractivity contribution < 1.29 is 9.90 Å². The summed E-state index contributed by atoms with van der Waals surface area (Å²) in [4.78, 5) is 10.5. The summed E-state index contributed by atoms with van der Waals surface area (Å²) in [6.45, 7) is 3.97. The molecule has 0 rings (SSSR count). The van der Waals surface area contributed by atoms with Crippen LogP contribution in [0.15, 0.2) is 12.2 Å². The smallest absolute Gasteiger partial charge is 0.0442 e. The molecule has 0 saturated heterocycles. The first-order valence-electron chi connectivity index (χ1n) is 8.04. The molecule has 0 radical (unpaired) electrons. The number of carbonyl (C=O) groups excluding carboxylic acids is 1. The number of hydrogen-bond donors (Lipinski definition) is 0. The van der Waals surface area contributed by atoms with Crippen molar-refractivity contribution >= 4 is 5.97 Å². The van der Waals surface area contributed by atoms with Crippen molar-refractivity contribution in [2.45, 2.75) is 84.5 Å². The normalized spacial score (nSPS) is 12.9. The van der Waals surface area contributed by atoms with Gasteiger partial charge in [-0.25, -0.2) is 0 Å². The molecule has 0 aliphatic carbocycles. The van der Waals surface area contributed by atoms with Crippen molar-refractivity contribution in [1.29, 1.82) is 0 Å². The Morgan fingerprint density at radius 1 is 0.947 bits per heavy atom. The molecule has 0 spiro atoms. The molecule has 19 heavy (non-hydrogen) atoms. The Balaban J connectivity index is 3.18. The lowest BCUT2D eigenvalue weighted by molar-refractivity contribution is -0.311. The largest absolute Gasteiger partial charge is 0.550 e. The number of carboxylic acid groups (broad SMARTS) is 1. The Kier molecular flexibility index (Phi) is 13.1. The molecule has 2 heteroatoms. The maximum Gasteiger partial charge on any atom is 0.0442 e. The van der Waals surface area contributed by atoms with Crippen LogP contribution in [0.25, 0.3) is 0 Å². The Hall–Kier alpha value is -0.790. The van der Waals surface area contributed by atoms with Crippen LogP contribution in [0.2, 0.25) is 0 Å². The first kappa shape index (κ1) is 18.2. The summed E-state index contributed by atoms with van der Waals surface area (Å²) >= 11 is 0. The van der Waals surface area contributed by atoms with Gasteiger partial charge in [0.05, 0.1) is 0 Å². The van der Waals surface area contributed by atoms with Crippen LogP contribution in [-0.4, -0.2) is 5.97 Å². The first-order chi connectivity index (χ1) is 9.18. The fourth-order valence-electron chi connectivity index (χ4n) is 2.11. The van der Waals surface area contributed by atoms with Crippen molar-refractivity contribution in [2.75, 3.05) is 0 Å². The van der Waals surface area contributed by atoms with Crippen LogP contribution in [0.5, 0.6) is 0 Å². The van der Waals surface area contributed by atoms with Crippen molar-refractivity contribution in [2.24, 2.45) is 5.92 Å². The summed E-state index contributed by atoms with van der Waals surface area (Å²) in [5.41, 5.74) is 0. The molecule has 1 unspecified atom stereocenters. The van der Waals surface area contributed by atoms with Gasteiger partial charge >= 0.3 is 0 Å². The Morgan fingerprint density at radius 2 is 1.47 bits per heavy atom. The molecule has 0 bridgehead atoms. The Labute approximate surface area is 119 Å². The monoisotopic (exact) mass is 267 g/mol. The highest BCUT2D eigenvalue weighted by atomic mass is 16.4. The minimum atomic E-state index is -0.911. The predicted molar refractivity (Wildman–Crippen MR) is 79.8 cm³/mol. The molecule has 0 aliphatic heterocycles. The van der Waals surface area contributed by atoms with Crippen molar-refractivity contribution in [3.63, 3.8) is 0 Å². The molecule has 2 nitrogen and oxygen atoms in total. The number of rotatable bonds is 13. The summed E-state index contributed by atoms with van der Waals surface area (Å²) in [6, 6.07) is 0. The first-order valence-corrected chi connectivity index (χ1v) is 8.04. The van der Waals surface area contributed by atoms with Crippen LogP contribution in [0, 0.1) is 5.92 Å². The Bertz CT molecular complexity index is 233. The third-order valence-electron chi connectivity index (χ3n) is 3.55. The third kappa shape index (κ3) is 13.4. The van der Waals surface area contributed by atoms with Crippen molar-refractivity contribution in [3.8, 4) is 0 Å². The van der Waals surface area contributed by atoms with Crippen molar-refractivity contribution in [3.05, 3.63) is 12.2 Å². The standard InChI is InChI=1S/C17H32O2/c1-3-4-5-6-7-8-9-10-11-12-13-14-15-16(2)17(18)19/h8-9,16H,3-7,10-15H2,1-2H3,(H,18,19)/p-1/b9-8+. The summed E-state index contributed by atoms with van der Waals surface area (Å²) in [6.07, 6.45) is 17.7. The number of aliphatic carboxylic acids is 1. The van der Waals surface area contributed by atoms with Crippen molar-refractivity contribution in [1.82, 2.24) is 0 Å². The van der Waals surface area contributed by atoms with E-state index in [1.165, 1.54) is 51.4 Å². The molecule has 0 aromatic rings. The zero-order valence-corrected chi connectivity index (χ0v) is 12.8. The number of allylic oxidation sites excluding steroid dienone is 2. The zero-order chi connectivity index (χ0) is 14.3. The molecule has 0 aliphatic rings. The average molecular weight is 267 g/mol. The Morgan fingerprint density at radius 3 is 2.00 bits per heavy atom. The van der Waals surface area contributed by atoms with Gasteiger partial charge in [0.2, 0.25) is 0 Å². The van der Waals surface area contributed by atoms with Gasteiger partial charge < -0.3 is 9.90 Å². The van der Waals surface area contributed by atoms with E-state index in [0.29, 0.717) is 0 Å². The second-order valence-electron chi connectivity index (χ2n) is 5.53. The summed E-state index contributed by atoms with van der Waals surface area (Å²) in [5.74, 6) is -1.20. The lowest BCUT2D eigenvalue weighted by Crippen LogP contribution is -2.29. The van der Waals surface area contributed by atoms with Gasteiger partial charge in [0.15, 0.2) is 0 Å². The quantitative estimate of drug-likeness (QED) is 0.370. The lowest BCUT2D eigenvalue weighted by Gasteiger charge is -2.11. The van der Waals surface area contributed by atoms with Gasteiger partial charge in [-0.3, -0.25) is 0 Å². The van der Waals surface area contributed by atoms with Gasteiger partial charge in [-0.15, -0.1) is 0 Å². The molecular weight excluding hydrogens is 236 g/mol. The second kappa shape index (κ2) is 13.6. The SMILES string of the molecule is CCCCCC/C=C/CCCCCCC(C)C(=O)[O-].